The Balaban J connectivity index is 1.93. The molecule has 1 fully saturated rings. The Morgan fingerprint density at radius 3 is 3.06 bits per heavy atom. The molecule has 1 atom stereocenters. The molecule has 18 heavy (non-hydrogen) atoms. The Morgan fingerprint density at radius 2 is 2.33 bits per heavy atom. The SMILES string of the molecule is O=C(O)CCC1CCCCN1Cc1ccccn1. The minimum absolute atomic E-state index is 0.267. The maximum Gasteiger partial charge on any atom is 0.303 e. The number of aliphatic carboxylic acids is 1. The van der Waals surface area contributed by atoms with E-state index in [0.717, 1.165) is 31.6 Å². The monoisotopic (exact) mass is 248 g/mol. The third kappa shape index (κ3) is 3.81. The van der Waals surface area contributed by atoms with Gasteiger partial charge in [0.1, 0.15) is 0 Å². The molecule has 0 amide bonds. The van der Waals surface area contributed by atoms with Crippen LogP contribution < -0.4 is 0 Å². The molecule has 1 aliphatic heterocycles. The van der Waals surface area contributed by atoms with E-state index in [9.17, 15) is 4.79 Å². The highest BCUT2D eigenvalue weighted by atomic mass is 16.4. The summed E-state index contributed by atoms with van der Waals surface area (Å²) < 4.78 is 0. The Bertz CT molecular complexity index is 381. The Kier molecular flexibility index (Phi) is 4.70. The van der Waals surface area contributed by atoms with E-state index in [4.69, 9.17) is 5.11 Å². The van der Waals surface area contributed by atoms with Crippen LogP contribution in [0, 0.1) is 0 Å². The van der Waals surface area contributed by atoms with Crippen LogP contribution in [0.2, 0.25) is 0 Å². The third-order valence-electron chi connectivity index (χ3n) is 3.53. The fraction of sp³-hybridized carbons (Fsp3) is 0.571. The molecule has 2 rings (SSSR count). The fourth-order valence-electron chi connectivity index (χ4n) is 2.58. The molecule has 0 aliphatic carbocycles. The minimum atomic E-state index is -0.696. The number of carboxylic acid groups (broad SMARTS) is 1. The quantitative estimate of drug-likeness (QED) is 0.868. The van der Waals surface area contributed by atoms with E-state index in [1.54, 1.807) is 0 Å². The van der Waals surface area contributed by atoms with Gasteiger partial charge >= 0.3 is 5.97 Å². The molecular weight excluding hydrogens is 228 g/mol. The maximum atomic E-state index is 10.7. The van der Waals surface area contributed by atoms with Crippen molar-refractivity contribution < 1.29 is 9.90 Å². The number of nitrogens with zero attached hydrogens (tertiary/aromatic N) is 2. The van der Waals surface area contributed by atoms with E-state index >= 15 is 0 Å². The summed E-state index contributed by atoms with van der Waals surface area (Å²) in [6.07, 6.45) is 6.36. The number of hydrogen-bond donors (Lipinski definition) is 1. The van der Waals surface area contributed by atoms with E-state index in [2.05, 4.69) is 9.88 Å². The lowest BCUT2D eigenvalue weighted by Crippen LogP contribution is -2.39. The van der Waals surface area contributed by atoms with Crippen molar-refractivity contribution in [1.82, 2.24) is 9.88 Å². The van der Waals surface area contributed by atoms with Crippen LogP contribution in [0.15, 0.2) is 24.4 Å². The number of likely N-dealkylation sites (tertiary alicyclic amines) is 1. The molecule has 4 nitrogen and oxygen atoms in total. The lowest BCUT2D eigenvalue weighted by Gasteiger charge is -2.35. The lowest BCUT2D eigenvalue weighted by molar-refractivity contribution is -0.137. The molecule has 1 aromatic rings. The molecule has 0 saturated carbocycles. The van der Waals surface area contributed by atoms with Gasteiger partial charge in [-0.25, -0.2) is 0 Å². The second kappa shape index (κ2) is 6.50. The molecular formula is C14H20N2O2. The van der Waals surface area contributed by atoms with E-state index in [-0.39, 0.29) is 6.42 Å². The van der Waals surface area contributed by atoms with Crippen LogP contribution >= 0.6 is 0 Å². The first-order chi connectivity index (χ1) is 8.75. The summed E-state index contributed by atoms with van der Waals surface area (Å²) in [5.74, 6) is -0.696. The van der Waals surface area contributed by atoms with Crippen molar-refractivity contribution in [2.24, 2.45) is 0 Å². The van der Waals surface area contributed by atoms with Gasteiger partial charge < -0.3 is 5.11 Å². The highest BCUT2D eigenvalue weighted by Crippen LogP contribution is 2.22. The summed E-state index contributed by atoms with van der Waals surface area (Å²) in [5, 5.41) is 8.79. The van der Waals surface area contributed by atoms with Crippen molar-refractivity contribution in [2.45, 2.75) is 44.7 Å². The third-order valence-corrected chi connectivity index (χ3v) is 3.53. The second-order valence-corrected chi connectivity index (χ2v) is 4.87. The molecule has 1 aliphatic rings. The van der Waals surface area contributed by atoms with E-state index in [1.807, 2.05) is 24.4 Å². The van der Waals surface area contributed by atoms with E-state index in [0.29, 0.717) is 6.04 Å². The van der Waals surface area contributed by atoms with Crippen LogP contribution in [0.4, 0.5) is 0 Å². The van der Waals surface area contributed by atoms with Crippen LogP contribution in [0.3, 0.4) is 0 Å². The number of rotatable bonds is 5. The highest BCUT2D eigenvalue weighted by Gasteiger charge is 2.23. The lowest BCUT2D eigenvalue weighted by atomic mass is 9.97. The molecule has 0 radical (unpaired) electrons. The predicted molar refractivity (Wildman–Crippen MR) is 69.2 cm³/mol. The molecule has 1 aromatic heterocycles. The van der Waals surface area contributed by atoms with Crippen LogP contribution in [0.5, 0.6) is 0 Å². The molecule has 4 heteroatoms. The standard InChI is InChI=1S/C14H20N2O2/c17-14(18)8-7-13-6-2-4-10-16(13)11-12-5-1-3-9-15-12/h1,3,5,9,13H,2,4,6-8,10-11H2,(H,17,18). The molecule has 1 saturated heterocycles. The molecule has 98 valence electrons. The summed E-state index contributed by atoms with van der Waals surface area (Å²) in [4.78, 5) is 17.4. The van der Waals surface area contributed by atoms with Crippen molar-refractivity contribution >= 4 is 5.97 Å². The van der Waals surface area contributed by atoms with Gasteiger partial charge in [-0.2, -0.15) is 0 Å². The Morgan fingerprint density at radius 1 is 1.44 bits per heavy atom. The van der Waals surface area contributed by atoms with Gasteiger partial charge in [-0.3, -0.25) is 14.7 Å². The van der Waals surface area contributed by atoms with Gasteiger partial charge in [0.2, 0.25) is 0 Å². The Labute approximate surface area is 108 Å². The first kappa shape index (κ1) is 13.0. The minimum Gasteiger partial charge on any atom is -0.481 e. The normalized spacial score (nSPS) is 20.8. The molecule has 0 spiro atoms. The van der Waals surface area contributed by atoms with Crippen LogP contribution in [0.1, 0.15) is 37.8 Å². The summed E-state index contributed by atoms with van der Waals surface area (Å²) in [6.45, 7) is 1.89. The van der Waals surface area contributed by atoms with Crippen LogP contribution in [-0.4, -0.2) is 33.5 Å². The first-order valence-electron chi connectivity index (χ1n) is 6.61. The number of piperidine rings is 1. The van der Waals surface area contributed by atoms with Gasteiger partial charge in [-0.15, -0.1) is 0 Å². The first-order valence-corrected chi connectivity index (χ1v) is 6.61. The van der Waals surface area contributed by atoms with Crippen LogP contribution in [0.25, 0.3) is 0 Å². The van der Waals surface area contributed by atoms with Crippen molar-refractivity contribution in [1.29, 1.82) is 0 Å². The van der Waals surface area contributed by atoms with E-state index in [1.165, 1.54) is 12.8 Å². The van der Waals surface area contributed by atoms with Crippen molar-refractivity contribution in [3.8, 4) is 0 Å². The number of pyridine rings is 1. The maximum absolute atomic E-state index is 10.7. The number of carboxylic acids is 1. The zero-order valence-electron chi connectivity index (χ0n) is 10.6. The van der Waals surface area contributed by atoms with Crippen molar-refractivity contribution in [3.05, 3.63) is 30.1 Å². The summed E-state index contributed by atoms with van der Waals surface area (Å²) in [5.41, 5.74) is 1.07. The topological polar surface area (TPSA) is 53.4 Å². The van der Waals surface area contributed by atoms with Gasteiger partial charge in [0.05, 0.1) is 5.69 Å². The van der Waals surface area contributed by atoms with Gasteiger partial charge in [0.25, 0.3) is 0 Å². The number of carbonyl (C=O) groups is 1. The number of hydrogen-bond acceptors (Lipinski definition) is 3. The smallest absolute Gasteiger partial charge is 0.303 e. The number of aromatic nitrogens is 1. The zero-order chi connectivity index (χ0) is 12.8. The fourth-order valence-corrected chi connectivity index (χ4v) is 2.58. The molecule has 2 heterocycles. The second-order valence-electron chi connectivity index (χ2n) is 4.87. The molecule has 1 N–H and O–H groups in total. The molecule has 0 aromatic carbocycles. The van der Waals surface area contributed by atoms with Crippen molar-refractivity contribution in [2.75, 3.05) is 6.54 Å². The average molecular weight is 248 g/mol. The Hall–Kier alpha value is -1.42. The van der Waals surface area contributed by atoms with Gasteiger partial charge in [0, 0.05) is 25.2 Å². The average Bonchev–Trinajstić information content (AvgIpc) is 2.39. The molecule has 0 bridgehead atoms. The van der Waals surface area contributed by atoms with Crippen molar-refractivity contribution in [3.63, 3.8) is 0 Å². The zero-order valence-corrected chi connectivity index (χ0v) is 10.6. The van der Waals surface area contributed by atoms with Gasteiger partial charge in [0.15, 0.2) is 0 Å². The van der Waals surface area contributed by atoms with Crippen LogP contribution in [-0.2, 0) is 11.3 Å². The van der Waals surface area contributed by atoms with Gasteiger partial charge in [-0.05, 0) is 37.9 Å². The van der Waals surface area contributed by atoms with E-state index < -0.39 is 5.97 Å². The molecule has 1 unspecified atom stereocenters. The summed E-state index contributed by atoms with van der Waals surface area (Å²) in [6, 6.07) is 6.35. The highest BCUT2D eigenvalue weighted by molar-refractivity contribution is 5.66. The predicted octanol–water partition coefficient (Wildman–Crippen LogP) is 2.30. The largest absolute Gasteiger partial charge is 0.481 e. The van der Waals surface area contributed by atoms with Gasteiger partial charge in [-0.1, -0.05) is 12.5 Å². The summed E-state index contributed by atoms with van der Waals surface area (Å²) >= 11 is 0. The summed E-state index contributed by atoms with van der Waals surface area (Å²) in [7, 11) is 0.